The van der Waals surface area contributed by atoms with Gasteiger partial charge in [0.15, 0.2) is 0 Å². The zero-order chi connectivity index (χ0) is 14.7. The highest BCUT2D eigenvalue weighted by atomic mass is 79.9. The molecule has 0 saturated heterocycles. The van der Waals surface area contributed by atoms with Crippen molar-refractivity contribution < 1.29 is 9.53 Å². The molecule has 3 N–H and O–H groups in total. The van der Waals surface area contributed by atoms with E-state index in [4.69, 9.17) is 10.5 Å². The van der Waals surface area contributed by atoms with Gasteiger partial charge in [0, 0.05) is 21.4 Å². The van der Waals surface area contributed by atoms with Crippen LogP contribution < -0.4 is 15.8 Å². The third kappa shape index (κ3) is 3.32. The van der Waals surface area contributed by atoms with Crippen LogP contribution in [-0.2, 0) is 0 Å². The van der Waals surface area contributed by atoms with E-state index in [1.54, 1.807) is 43.5 Å². The number of hydrogen-bond acceptors (Lipinski definition) is 3. The summed E-state index contributed by atoms with van der Waals surface area (Å²) in [5.74, 6) is 0.463. The maximum Gasteiger partial charge on any atom is 0.255 e. The highest BCUT2D eigenvalue weighted by Gasteiger charge is 2.09. The van der Waals surface area contributed by atoms with Crippen LogP contribution in [0.3, 0.4) is 0 Å². The number of nitrogens with one attached hydrogen (secondary N) is 1. The molecular formula is C14H12Br2N2O2. The number of carbonyl (C=O) groups is 1. The fourth-order valence-electron chi connectivity index (χ4n) is 1.63. The van der Waals surface area contributed by atoms with Crippen LogP contribution in [0.4, 0.5) is 11.4 Å². The van der Waals surface area contributed by atoms with Crippen molar-refractivity contribution in [1.82, 2.24) is 0 Å². The van der Waals surface area contributed by atoms with Gasteiger partial charge in [0.1, 0.15) is 5.75 Å². The van der Waals surface area contributed by atoms with Crippen LogP contribution in [0.15, 0.2) is 45.3 Å². The molecule has 0 aliphatic heterocycles. The summed E-state index contributed by atoms with van der Waals surface area (Å²) >= 11 is 6.66. The van der Waals surface area contributed by atoms with E-state index in [9.17, 15) is 4.79 Å². The molecule has 0 fully saturated rings. The van der Waals surface area contributed by atoms with Gasteiger partial charge in [-0.15, -0.1) is 0 Å². The molecule has 0 saturated carbocycles. The first kappa shape index (κ1) is 14.9. The van der Waals surface area contributed by atoms with E-state index in [1.807, 2.05) is 0 Å². The van der Waals surface area contributed by atoms with Gasteiger partial charge in [0.2, 0.25) is 0 Å². The van der Waals surface area contributed by atoms with Gasteiger partial charge in [0.25, 0.3) is 5.91 Å². The Balaban J connectivity index is 2.19. The Bertz CT molecular complexity index is 660. The Hall–Kier alpha value is -1.53. The number of anilines is 2. The number of halogens is 2. The molecule has 0 unspecified atom stereocenters. The fraction of sp³-hybridized carbons (Fsp3) is 0.0714. The van der Waals surface area contributed by atoms with E-state index in [-0.39, 0.29) is 5.91 Å². The molecule has 0 aliphatic carbocycles. The lowest BCUT2D eigenvalue weighted by molar-refractivity contribution is 0.102. The number of methoxy groups -OCH3 is 1. The molecule has 2 aromatic rings. The first-order valence-electron chi connectivity index (χ1n) is 5.71. The van der Waals surface area contributed by atoms with Crippen molar-refractivity contribution in [1.29, 1.82) is 0 Å². The lowest BCUT2D eigenvalue weighted by atomic mass is 10.2. The first-order valence-corrected chi connectivity index (χ1v) is 7.30. The van der Waals surface area contributed by atoms with Crippen LogP contribution in [0.25, 0.3) is 0 Å². The molecule has 0 aromatic heterocycles. The molecule has 104 valence electrons. The number of amides is 1. The maximum absolute atomic E-state index is 12.1. The van der Waals surface area contributed by atoms with Gasteiger partial charge < -0.3 is 15.8 Å². The van der Waals surface area contributed by atoms with Crippen LogP contribution in [0.5, 0.6) is 5.75 Å². The van der Waals surface area contributed by atoms with E-state index in [1.165, 1.54) is 0 Å². The molecule has 6 heteroatoms. The van der Waals surface area contributed by atoms with Gasteiger partial charge in [-0.05, 0) is 68.3 Å². The zero-order valence-electron chi connectivity index (χ0n) is 10.6. The summed E-state index contributed by atoms with van der Waals surface area (Å²) in [6.07, 6.45) is 0. The minimum Gasteiger partial charge on any atom is -0.496 e. The van der Waals surface area contributed by atoms with Crippen molar-refractivity contribution in [3.8, 4) is 5.75 Å². The topological polar surface area (TPSA) is 64.3 Å². The van der Waals surface area contributed by atoms with Gasteiger partial charge in [-0.1, -0.05) is 0 Å². The molecule has 4 nitrogen and oxygen atoms in total. The molecule has 1 amide bonds. The Kier molecular flexibility index (Phi) is 4.67. The van der Waals surface area contributed by atoms with Gasteiger partial charge in [-0.3, -0.25) is 4.79 Å². The molecule has 0 spiro atoms. The lowest BCUT2D eigenvalue weighted by Crippen LogP contribution is -2.12. The number of benzene rings is 2. The number of nitrogens with two attached hydrogens (primary N) is 1. The number of hydrogen-bond donors (Lipinski definition) is 2. The second-order valence-electron chi connectivity index (χ2n) is 4.04. The predicted octanol–water partition coefficient (Wildman–Crippen LogP) is 4.05. The second kappa shape index (κ2) is 6.28. The third-order valence-electron chi connectivity index (χ3n) is 2.67. The molecule has 0 radical (unpaired) electrons. The quantitative estimate of drug-likeness (QED) is 0.765. The normalized spacial score (nSPS) is 10.2. The summed E-state index contributed by atoms with van der Waals surface area (Å²) in [5, 5.41) is 2.79. The monoisotopic (exact) mass is 398 g/mol. The number of ether oxygens (including phenoxy) is 1. The van der Waals surface area contributed by atoms with Crippen LogP contribution in [0.1, 0.15) is 10.4 Å². The van der Waals surface area contributed by atoms with Crippen LogP contribution in [0.2, 0.25) is 0 Å². The summed E-state index contributed by atoms with van der Waals surface area (Å²) < 4.78 is 6.65. The van der Waals surface area contributed by atoms with Crippen molar-refractivity contribution in [2.45, 2.75) is 0 Å². The Labute approximate surface area is 133 Å². The van der Waals surface area contributed by atoms with E-state index in [2.05, 4.69) is 37.2 Å². The summed E-state index contributed by atoms with van der Waals surface area (Å²) in [7, 11) is 1.57. The van der Waals surface area contributed by atoms with Gasteiger partial charge in [0.05, 0.1) is 11.6 Å². The number of carbonyl (C=O) groups excluding carboxylic acids is 1. The molecule has 0 atom stereocenters. The van der Waals surface area contributed by atoms with E-state index in [0.717, 1.165) is 8.95 Å². The van der Waals surface area contributed by atoms with Crippen molar-refractivity contribution >= 4 is 49.1 Å². The Morgan fingerprint density at radius 3 is 2.50 bits per heavy atom. The van der Waals surface area contributed by atoms with Crippen molar-refractivity contribution in [3.05, 3.63) is 50.9 Å². The van der Waals surface area contributed by atoms with E-state index >= 15 is 0 Å². The highest BCUT2D eigenvalue weighted by molar-refractivity contribution is 9.11. The molecule has 0 heterocycles. The largest absolute Gasteiger partial charge is 0.496 e. The second-order valence-corrected chi connectivity index (χ2v) is 5.75. The fourth-order valence-corrected chi connectivity index (χ4v) is 2.42. The van der Waals surface area contributed by atoms with Gasteiger partial charge >= 0.3 is 0 Å². The van der Waals surface area contributed by atoms with Crippen molar-refractivity contribution in [2.24, 2.45) is 0 Å². The van der Waals surface area contributed by atoms with Crippen LogP contribution in [0, 0.1) is 0 Å². The average molecular weight is 400 g/mol. The van der Waals surface area contributed by atoms with E-state index < -0.39 is 0 Å². The first-order chi connectivity index (χ1) is 9.51. The zero-order valence-corrected chi connectivity index (χ0v) is 13.8. The Morgan fingerprint density at radius 2 is 1.90 bits per heavy atom. The van der Waals surface area contributed by atoms with E-state index in [0.29, 0.717) is 22.7 Å². The van der Waals surface area contributed by atoms with Crippen LogP contribution in [-0.4, -0.2) is 13.0 Å². The predicted molar refractivity (Wildman–Crippen MR) is 87.2 cm³/mol. The summed E-state index contributed by atoms with van der Waals surface area (Å²) in [6, 6.07) is 10.4. The van der Waals surface area contributed by atoms with Gasteiger partial charge in [-0.2, -0.15) is 0 Å². The standard InChI is InChI=1S/C14H12Br2N2O2/c1-20-13-5-2-8(6-11(13)16)14(19)18-9-3-4-10(15)12(17)7-9/h2-7H,17H2,1H3,(H,18,19). The number of nitrogen functional groups attached to an aromatic ring is 1. The average Bonchev–Trinajstić information content (AvgIpc) is 2.42. The summed E-state index contributed by atoms with van der Waals surface area (Å²) in [6.45, 7) is 0. The maximum atomic E-state index is 12.1. The Morgan fingerprint density at radius 1 is 1.15 bits per heavy atom. The molecule has 0 aliphatic rings. The highest BCUT2D eigenvalue weighted by Crippen LogP contribution is 2.27. The third-order valence-corrected chi connectivity index (χ3v) is 4.01. The lowest BCUT2D eigenvalue weighted by Gasteiger charge is -2.09. The molecule has 0 bridgehead atoms. The minimum absolute atomic E-state index is 0.213. The number of rotatable bonds is 3. The van der Waals surface area contributed by atoms with Gasteiger partial charge in [-0.25, -0.2) is 0 Å². The summed E-state index contributed by atoms with van der Waals surface area (Å²) in [4.78, 5) is 12.1. The van der Waals surface area contributed by atoms with Crippen molar-refractivity contribution in [3.63, 3.8) is 0 Å². The molecule has 20 heavy (non-hydrogen) atoms. The molecular weight excluding hydrogens is 388 g/mol. The smallest absolute Gasteiger partial charge is 0.255 e. The molecule has 2 rings (SSSR count). The minimum atomic E-state index is -0.213. The molecule has 2 aromatic carbocycles. The van der Waals surface area contributed by atoms with Crippen LogP contribution >= 0.6 is 31.9 Å². The summed E-state index contributed by atoms with van der Waals surface area (Å²) in [5.41, 5.74) is 7.51. The van der Waals surface area contributed by atoms with Crippen molar-refractivity contribution in [2.75, 3.05) is 18.2 Å². The SMILES string of the molecule is COc1ccc(C(=O)Nc2ccc(Br)c(N)c2)cc1Br.